The molecule has 0 bridgehead atoms. The Morgan fingerprint density at radius 1 is 0.897 bits per heavy atom. The standard InChI is InChI=1S/C28H26F3N3O5/c1-38-26(36)23-5-3-4-22(24(23)17-6-8-18(9-7-17)28(29,30)31)25(35)32-19-10-12-21(13-11-19)34-15-14-20(16-34)33-27(37)39-2/h3-13,20H,14-16H2,1-2H3,(H,32,35)(H,33,37). The van der Waals surface area contributed by atoms with E-state index < -0.39 is 29.7 Å². The van der Waals surface area contributed by atoms with Gasteiger partial charge in [-0.25, -0.2) is 9.59 Å². The van der Waals surface area contributed by atoms with E-state index in [2.05, 4.69) is 20.3 Å². The number of hydrogen-bond donors (Lipinski definition) is 2. The van der Waals surface area contributed by atoms with Crippen molar-refractivity contribution in [3.63, 3.8) is 0 Å². The van der Waals surface area contributed by atoms with Gasteiger partial charge in [0.25, 0.3) is 5.91 Å². The SMILES string of the molecule is COC(=O)NC1CCN(c2ccc(NC(=O)c3cccc(C(=O)OC)c3-c3ccc(C(F)(F)F)cc3)cc2)C1. The van der Waals surface area contributed by atoms with Gasteiger partial charge in [-0.3, -0.25) is 4.79 Å². The van der Waals surface area contributed by atoms with Crippen molar-refractivity contribution in [3.05, 3.63) is 83.4 Å². The molecular weight excluding hydrogens is 515 g/mol. The maximum absolute atomic E-state index is 13.3. The zero-order valence-electron chi connectivity index (χ0n) is 21.2. The number of alkyl carbamates (subject to hydrolysis) is 1. The molecule has 2 N–H and O–H groups in total. The fourth-order valence-corrected chi connectivity index (χ4v) is 4.45. The number of carbonyl (C=O) groups excluding carboxylic acids is 3. The molecular formula is C28H26F3N3O5. The van der Waals surface area contributed by atoms with Crippen LogP contribution in [-0.2, 0) is 15.7 Å². The number of methoxy groups -OCH3 is 2. The lowest BCUT2D eigenvalue weighted by molar-refractivity contribution is -0.137. The smallest absolute Gasteiger partial charge is 0.416 e. The van der Waals surface area contributed by atoms with Crippen molar-refractivity contribution in [2.24, 2.45) is 0 Å². The third-order valence-corrected chi connectivity index (χ3v) is 6.40. The average molecular weight is 542 g/mol. The summed E-state index contributed by atoms with van der Waals surface area (Å²) in [5.74, 6) is -1.28. The fraction of sp³-hybridized carbons (Fsp3) is 0.250. The molecule has 3 aromatic rings. The zero-order chi connectivity index (χ0) is 28.2. The third kappa shape index (κ3) is 6.31. The molecule has 0 saturated carbocycles. The molecule has 1 aliphatic heterocycles. The number of halogens is 3. The van der Waals surface area contributed by atoms with Crippen molar-refractivity contribution in [1.82, 2.24) is 5.32 Å². The van der Waals surface area contributed by atoms with Gasteiger partial charge >= 0.3 is 18.2 Å². The van der Waals surface area contributed by atoms with Crippen LogP contribution in [0, 0.1) is 0 Å². The molecule has 0 spiro atoms. The van der Waals surface area contributed by atoms with Crippen molar-refractivity contribution >= 4 is 29.3 Å². The van der Waals surface area contributed by atoms with Crippen LogP contribution < -0.4 is 15.5 Å². The summed E-state index contributed by atoms with van der Waals surface area (Å²) in [5.41, 5.74) is 1.09. The minimum Gasteiger partial charge on any atom is -0.465 e. The summed E-state index contributed by atoms with van der Waals surface area (Å²) in [4.78, 5) is 39.3. The van der Waals surface area contributed by atoms with Crippen LogP contribution in [0.25, 0.3) is 11.1 Å². The maximum Gasteiger partial charge on any atom is 0.416 e. The number of ether oxygens (including phenoxy) is 2. The predicted molar refractivity (Wildman–Crippen MR) is 139 cm³/mol. The molecule has 1 aliphatic rings. The number of carbonyl (C=O) groups is 3. The Morgan fingerprint density at radius 3 is 2.18 bits per heavy atom. The van der Waals surface area contributed by atoms with Crippen LogP contribution in [0.1, 0.15) is 32.7 Å². The number of hydrogen-bond acceptors (Lipinski definition) is 6. The summed E-state index contributed by atoms with van der Waals surface area (Å²) in [6.45, 7) is 1.34. The summed E-state index contributed by atoms with van der Waals surface area (Å²) >= 11 is 0. The van der Waals surface area contributed by atoms with Crippen molar-refractivity contribution in [1.29, 1.82) is 0 Å². The van der Waals surface area contributed by atoms with Gasteiger partial charge in [-0.2, -0.15) is 13.2 Å². The van der Waals surface area contributed by atoms with E-state index in [1.165, 1.54) is 44.6 Å². The van der Waals surface area contributed by atoms with Crippen LogP contribution in [0.2, 0.25) is 0 Å². The lowest BCUT2D eigenvalue weighted by Gasteiger charge is -2.19. The summed E-state index contributed by atoms with van der Waals surface area (Å²) in [7, 11) is 2.49. The molecule has 1 atom stereocenters. The van der Waals surface area contributed by atoms with Gasteiger partial charge in [0, 0.05) is 35.6 Å². The van der Waals surface area contributed by atoms with Gasteiger partial charge in [-0.05, 0) is 60.5 Å². The van der Waals surface area contributed by atoms with Gasteiger partial charge in [-0.15, -0.1) is 0 Å². The summed E-state index contributed by atoms with van der Waals surface area (Å²) in [6.07, 6.45) is -4.25. The highest BCUT2D eigenvalue weighted by atomic mass is 19.4. The first kappa shape index (κ1) is 27.5. The molecule has 0 aliphatic carbocycles. The number of nitrogens with one attached hydrogen (secondary N) is 2. The largest absolute Gasteiger partial charge is 0.465 e. The summed E-state index contributed by atoms with van der Waals surface area (Å²) < 4.78 is 48.7. The number of nitrogens with zero attached hydrogens (tertiary/aromatic N) is 1. The first-order valence-electron chi connectivity index (χ1n) is 12.0. The van der Waals surface area contributed by atoms with Gasteiger partial charge in [0.1, 0.15) is 0 Å². The number of anilines is 2. The second kappa shape index (κ2) is 11.5. The number of rotatable bonds is 6. The Hall–Kier alpha value is -4.54. The van der Waals surface area contributed by atoms with Crippen LogP contribution in [0.4, 0.5) is 29.3 Å². The van der Waals surface area contributed by atoms with E-state index in [-0.39, 0.29) is 28.3 Å². The van der Waals surface area contributed by atoms with Gasteiger partial charge in [0.15, 0.2) is 0 Å². The Bertz CT molecular complexity index is 1360. The van der Waals surface area contributed by atoms with E-state index in [1.807, 2.05) is 12.1 Å². The number of benzene rings is 3. The Morgan fingerprint density at radius 2 is 1.56 bits per heavy atom. The van der Waals surface area contributed by atoms with E-state index >= 15 is 0 Å². The van der Waals surface area contributed by atoms with Crippen molar-refractivity contribution < 1.29 is 37.0 Å². The lowest BCUT2D eigenvalue weighted by atomic mass is 9.93. The van der Waals surface area contributed by atoms with Gasteiger partial charge < -0.3 is 25.0 Å². The molecule has 3 aromatic carbocycles. The van der Waals surface area contributed by atoms with Gasteiger partial charge in [-0.1, -0.05) is 18.2 Å². The minimum absolute atomic E-state index is 0.0393. The Labute approximate surface area is 222 Å². The molecule has 0 radical (unpaired) electrons. The molecule has 39 heavy (non-hydrogen) atoms. The predicted octanol–water partition coefficient (Wildman–Crippen LogP) is 5.35. The topological polar surface area (TPSA) is 97.0 Å². The molecule has 11 heteroatoms. The number of alkyl halides is 3. The summed E-state index contributed by atoms with van der Waals surface area (Å²) in [5, 5.41) is 5.57. The fourth-order valence-electron chi connectivity index (χ4n) is 4.45. The highest BCUT2D eigenvalue weighted by molar-refractivity contribution is 6.12. The molecule has 8 nitrogen and oxygen atoms in total. The molecule has 1 saturated heterocycles. The molecule has 0 aromatic heterocycles. The molecule has 1 fully saturated rings. The second-order valence-corrected chi connectivity index (χ2v) is 8.86. The van der Waals surface area contributed by atoms with Crippen molar-refractivity contribution in [3.8, 4) is 11.1 Å². The average Bonchev–Trinajstić information content (AvgIpc) is 3.40. The molecule has 2 amide bonds. The number of esters is 1. The third-order valence-electron chi connectivity index (χ3n) is 6.40. The first-order chi connectivity index (χ1) is 18.6. The normalized spacial score (nSPS) is 15.0. The highest BCUT2D eigenvalue weighted by Crippen LogP contribution is 2.34. The maximum atomic E-state index is 13.3. The van der Waals surface area contributed by atoms with Crippen LogP contribution in [0.5, 0.6) is 0 Å². The van der Waals surface area contributed by atoms with Crippen molar-refractivity contribution in [2.75, 3.05) is 37.5 Å². The second-order valence-electron chi connectivity index (χ2n) is 8.86. The monoisotopic (exact) mass is 541 g/mol. The first-order valence-corrected chi connectivity index (χ1v) is 12.0. The van der Waals surface area contributed by atoms with E-state index in [0.717, 1.165) is 30.8 Å². The quantitative estimate of drug-likeness (QED) is 0.409. The van der Waals surface area contributed by atoms with Crippen LogP contribution in [0.3, 0.4) is 0 Å². The van der Waals surface area contributed by atoms with Crippen LogP contribution in [-0.4, -0.2) is 51.3 Å². The zero-order valence-corrected chi connectivity index (χ0v) is 21.2. The molecule has 1 unspecified atom stereocenters. The summed E-state index contributed by atoms with van der Waals surface area (Å²) in [6, 6.07) is 15.7. The van der Waals surface area contributed by atoms with E-state index in [4.69, 9.17) is 4.74 Å². The Kier molecular flexibility index (Phi) is 8.08. The molecule has 1 heterocycles. The van der Waals surface area contributed by atoms with E-state index in [1.54, 1.807) is 12.1 Å². The molecule has 204 valence electrons. The van der Waals surface area contributed by atoms with Crippen LogP contribution >= 0.6 is 0 Å². The highest BCUT2D eigenvalue weighted by Gasteiger charge is 2.30. The lowest BCUT2D eigenvalue weighted by Crippen LogP contribution is -2.36. The van der Waals surface area contributed by atoms with Crippen molar-refractivity contribution in [2.45, 2.75) is 18.6 Å². The van der Waals surface area contributed by atoms with Gasteiger partial charge in [0.05, 0.1) is 31.4 Å². The van der Waals surface area contributed by atoms with E-state index in [9.17, 15) is 27.6 Å². The Balaban J connectivity index is 1.56. The minimum atomic E-state index is -4.53. The van der Waals surface area contributed by atoms with E-state index in [0.29, 0.717) is 12.2 Å². The molecule has 4 rings (SSSR count). The number of amides is 2. The van der Waals surface area contributed by atoms with Gasteiger partial charge in [0.2, 0.25) is 0 Å². The van der Waals surface area contributed by atoms with Crippen LogP contribution in [0.15, 0.2) is 66.7 Å².